The molecule has 1 fully saturated rings. The number of likely N-dealkylation sites (tertiary alicyclic amines) is 1. The van der Waals surface area contributed by atoms with Crippen LogP contribution < -0.4 is 15.4 Å². The van der Waals surface area contributed by atoms with Crippen molar-refractivity contribution in [3.63, 3.8) is 0 Å². The number of hydrogen-bond donors (Lipinski definition) is 3. The number of halogens is 1. The van der Waals surface area contributed by atoms with Gasteiger partial charge in [-0.2, -0.15) is 0 Å². The summed E-state index contributed by atoms with van der Waals surface area (Å²) in [4.78, 5) is 69.7. The summed E-state index contributed by atoms with van der Waals surface area (Å²) in [6.07, 6.45) is -0.0211. The van der Waals surface area contributed by atoms with Gasteiger partial charge in [-0.25, -0.2) is 4.98 Å². The van der Waals surface area contributed by atoms with E-state index in [1.54, 1.807) is 33.9 Å². The highest BCUT2D eigenvalue weighted by atomic mass is 35.5. The molecule has 9 rings (SSSR count). The number of carbonyl (C=O) groups is 4. The average Bonchev–Trinajstić information content (AvgIpc) is 4.37. The second kappa shape index (κ2) is 27.6. The molecule has 1 unspecified atom stereocenters. The zero-order chi connectivity index (χ0) is 57.2. The summed E-state index contributed by atoms with van der Waals surface area (Å²) in [5.74, 6) is 0.536. The minimum absolute atomic E-state index is 0.00647. The Morgan fingerprint density at radius 2 is 1.56 bits per heavy atom. The van der Waals surface area contributed by atoms with Crippen LogP contribution in [0.3, 0.4) is 0 Å². The second-order valence-electron chi connectivity index (χ2n) is 20.6. The lowest BCUT2D eigenvalue weighted by molar-refractivity contribution is -0.143. The predicted molar refractivity (Wildman–Crippen MR) is 309 cm³/mol. The minimum atomic E-state index is -0.918. The van der Waals surface area contributed by atoms with Crippen LogP contribution >= 0.6 is 34.3 Å². The van der Waals surface area contributed by atoms with Crippen molar-refractivity contribution in [1.82, 2.24) is 40.2 Å². The van der Waals surface area contributed by atoms with Crippen LogP contribution in [0.4, 0.5) is 0 Å². The fourth-order valence-corrected chi connectivity index (χ4v) is 12.5. The maximum absolute atomic E-state index is 14.3. The molecule has 0 radical (unpaired) electrons. The summed E-state index contributed by atoms with van der Waals surface area (Å²) in [7, 11) is 0. The summed E-state index contributed by atoms with van der Waals surface area (Å²) >= 11 is 9.44. The number of nitrogens with one attached hydrogen (secondary N) is 2. The number of aliphatic hydroxyl groups excluding tert-OH is 1. The molecule has 0 saturated carbocycles. The Morgan fingerprint density at radius 1 is 0.852 bits per heavy atom. The summed E-state index contributed by atoms with van der Waals surface area (Å²) in [5, 5.41) is 27.2. The lowest BCUT2D eigenvalue weighted by Gasteiger charge is -2.35. The van der Waals surface area contributed by atoms with Gasteiger partial charge >= 0.3 is 0 Å². The Balaban J connectivity index is 0.654. The number of hydrogen-bond acceptors (Lipinski definition) is 16. The normalized spacial score (nSPS) is 17.0. The molecule has 0 aliphatic carbocycles. The van der Waals surface area contributed by atoms with Gasteiger partial charge in [-0.05, 0) is 81.0 Å². The standard InChI is InChI=1S/C59H70ClN9O10S2/c1-35(2)53(68-32-43-10-7-8-11-46(43)57(68)73)58(74)67-33-45(70)29-48(67)56(72)62-31-42-13-12-41(54-37(4)63-34-80-54)28-49(42)79-27-26-78-25-23-76-20-9-19-75-22-24-77-21-18-61-50(71)30-47-55-66-65-39(6)69(55)59-51(36(3)38(5)81-59)52(64-47)40-14-16-44(60)17-15-40/h7-8,10-17,28,34-35,45,47-48,53,70H,9,18-27,29-33H2,1-6H3,(H,61,71)(H,62,72)/t45-,47+,48+,53?/m1/s1. The van der Waals surface area contributed by atoms with Gasteiger partial charge in [0.05, 0.1) is 74.0 Å². The first-order valence-corrected chi connectivity index (χ1v) is 29.5. The van der Waals surface area contributed by atoms with Crippen LogP contribution in [0.25, 0.3) is 15.4 Å². The maximum atomic E-state index is 14.3. The van der Waals surface area contributed by atoms with Crippen molar-refractivity contribution in [3.05, 3.63) is 133 Å². The first kappa shape index (κ1) is 59.2. The van der Waals surface area contributed by atoms with Gasteiger partial charge in [-0.1, -0.05) is 67.9 Å². The number of rotatable bonds is 27. The molecule has 4 atom stereocenters. The number of ether oxygens (including phenoxy) is 5. The number of carbonyl (C=O) groups excluding carboxylic acids is 4. The molecule has 3 aromatic carbocycles. The van der Waals surface area contributed by atoms with E-state index >= 15 is 0 Å². The number of thiophene rings is 1. The number of fused-ring (bicyclic) bond motifs is 4. The Bertz CT molecular complexity index is 3220. The molecule has 3 N–H and O–H groups in total. The van der Waals surface area contributed by atoms with Gasteiger partial charge in [-0.3, -0.25) is 28.7 Å². The lowest BCUT2D eigenvalue weighted by Crippen LogP contribution is -2.55. The predicted octanol–water partition coefficient (Wildman–Crippen LogP) is 7.53. The molecule has 1 saturated heterocycles. The summed E-state index contributed by atoms with van der Waals surface area (Å²) in [6.45, 7) is 16.0. The molecule has 0 bridgehead atoms. The van der Waals surface area contributed by atoms with Crippen molar-refractivity contribution in [2.45, 2.75) is 98.1 Å². The van der Waals surface area contributed by atoms with Gasteiger partial charge < -0.3 is 49.2 Å². The number of aliphatic hydroxyl groups is 1. The third-order valence-corrected chi connectivity index (χ3v) is 17.0. The van der Waals surface area contributed by atoms with E-state index in [1.165, 1.54) is 21.1 Å². The Morgan fingerprint density at radius 3 is 2.27 bits per heavy atom. The molecule has 81 heavy (non-hydrogen) atoms. The number of aryl methyl sites for hydroxylation is 3. The minimum Gasteiger partial charge on any atom is -0.491 e. The van der Waals surface area contributed by atoms with Gasteiger partial charge in [0.25, 0.3) is 5.91 Å². The SMILES string of the molecule is Cc1ncsc1-c1ccc(CNC(=O)[C@@H]2C[C@@H](O)CN2C(=O)C(C(C)C)N2Cc3ccccc3C2=O)c(OCCOCCOCCCOCCOCCNC(=O)C[C@@H]2N=C(c3ccc(Cl)cc3)c3c(sc(C)c3C)-n3c(C)nnc32)c1. The molecule has 430 valence electrons. The van der Waals surface area contributed by atoms with Gasteiger partial charge in [0.1, 0.15) is 41.3 Å². The van der Waals surface area contributed by atoms with Crippen LogP contribution in [-0.2, 0) is 46.4 Å². The number of aromatic nitrogens is 4. The quantitative estimate of drug-likeness (QED) is 0.0425. The van der Waals surface area contributed by atoms with Crippen molar-refractivity contribution in [2.24, 2.45) is 10.9 Å². The fraction of sp³-hybridized carbons (Fsp3) is 0.458. The molecule has 4 amide bonds. The number of thiazole rings is 1. The second-order valence-corrected chi connectivity index (χ2v) is 23.1. The van der Waals surface area contributed by atoms with Crippen molar-refractivity contribution >= 4 is 63.6 Å². The first-order valence-electron chi connectivity index (χ1n) is 27.4. The lowest BCUT2D eigenvalue weighted by atomic mass is 9.99. The largest absolute Gasteiger partial charge is 0.491 e. The first-order chi connectivity index (χ1) is 39.2. The fourth-order valence-electron chi connectivity index (χ4n) is 10.4. The van der Waals surface area contributed by atoms with E-state index in [0.29, 0.717) is 94.5 Å². The molecular weight excluding hydrogens is 1090 g/mol. The third kappa shape index (κ3) is 14.1. The number of aliphatic imine (C=N–C) groups is 1. The van der Waals surface area contributed by atoms with E-state index in [0.717, 1.165) is 60.5 Å². The molecule has 6 heterocycles. The molecule has 3 aliphatic heterocycles. The van der Waals surface area contributed by atoms with Crippen LogP contribution in [0.5, 0.6) is 5.75 Å². The van der Waals surface area contributed by atoms with Crippen molar-refractivity contribution in [2.75, 3.05) is 72.6 Å². The van der Waals surface area contributed by atoms with E-state index in [9.17, 15) is 24.3 Å². The maximum Gasteiger partial charge on any atom is 0.255 e. The van der Waals surface area contributed by atoms with Crippen LogP contribution in [0.15, 0.2) is 77.2 Å². The number of benzene rings is 3. The average molecular weight is 1160 g/mol. The van der Waals surface area contributed by atoms with E-state index in [4.69, 9.17) is 40.3 Å². The molecule has 22 heteroatoms. The van der Waals surface area contributed by atoms with Gasteiger partial charge in [0.15, 0.2) is 5.82 Å². The third-order valence-electron chi connectivity index (χ3n) is 14.6. The van der Waals surface area contributed by atoms with Crippen molar-refractivity contribution < 1.29 is 48.0 Å². The van der Waals surface area contributed by atoms with Crippen LogP contribution in [0.2, 0.25) is 5.02 Å². The van der Waals surface area contributed by atoms with Crippen LogP contribution in [-0.4, -0.2) is 155 Å². The summed E-state index contributed by atoms with van der Waals surface area (Å²) in [5.41, 5.74) is 9.61. The van der Waals surface area contributed by atoms with E-state index in [2.05, 4.69) is 39.7 Å². The number of β-amino-alcohol motifs (C(OH)–C–C–N with tert-alkyl or cyclic N) is 1. The van der Waals surface area contributed by atoms with Gasteiger partial charge in [0, 0.05) is 78.0 Å². The van der Waals surface area contributed by atoms with E-state index in [-0.39, 0.29) is 56.2 Å². The van der Waals surface area contributed by atoms with E-state index in [1.807, 2.05) is 86.9 Å². The van der Waals surface area contributed by atoms with Crippen molar-refractivity contribution in [1.29, 1.82) is 0 Å². The highest BCUT2D eigenvalue weighted by Gasteiger charge is 2.46. The molecule has 3 aliphatic rings. The molecule has 0 spiro atoms. The Hall–Kier alpha value is -6.43. The topological polar surface area (TPSA) is 221 Å². The molecule has 3 aromatic heterocycles. The van der Waals surface area contributed by atoms with Crippen LogP contribution in [0.1, 0.15) is 99.5 Å². The Labute approximate surface area is 485 Å². The summed E-state index contributed by atoms with van der Waals surface area (Å²) in [6, 6.07) is 18.4. The van der Waals surface area contributed by atoms with E-state index < -0.39 is 30.1 Å². The number of nitrogens with zero attached hydrogens (tertiary/aromatic N) is 7. The van der Waals surface area contributed by atoms with Crippen molar-refractivity contribution in [3.8, 4) is 21.2 Å². The van der Waals surface area contributed by atoms with Gasteiger partial charge in [0.2, 0.25) is 17.7 Å². The van der Waals surface area contributed by atoms with Crippen LogP contribution in [0, 0.1) is 33.6 Å². The summed E-state index contributed by atoms with van der Waals surface area (Å²) < 4.78 is 31.3. The monoisotopic (exact) mass is 1160 g/mol. The zero-order valence-electron chi connectivity index (χ0n) is 46.6. The Kier molecular flexibility index (Phi) is 20.1. The number of amides is 4. The zero-order valence-corrected chi connectivity index (χ0v) is 49.0. The molecular formula is C59H70ClN9O10S2. The molecule has 6 aromatic rings. The highest BCUT2D eigenvalue weighted by molar-refractivity contribution is 7.15. The highest BCUT2D eigenvalue weighted by Crippen LogP contribution is 2.40. The molecule has 19 nitrogen and oxygen atoms in total. The smallest absolute Gasteiger partial charge is 0.255 e. The van der Waals surface area contributed by atoms with Gasteiger partial charge in [-0.15, -0.1) is 32.9 Å².